The van der Waals surface area contributed by atoms with Gasteiger partial charge in [0.1, 0.15) is 6.04 Å². The van der Waals surface area contributed by atoms with Gasteiger partial charge in [0.15, 0.2) is 0 Å². The van der Waals surface area contributed by atoms with Crippen molar-refractivity contribution in [3.05, 3.63) is 35.9 Å². The molecule has 20 heavy (non-hydrogen) atoms. The summed E-state index contributed by atoms with van der Waals surface area (Å²) in [5, 5.41) is 2.61. The molecule has 108 valence electrons. The summed E-state index contributed by atoms with van der Waals surface area (Å²) in [5.41, 5.74) is 7.04. The van der Waals surface area contributed by atoms with E-state index in [0.717, 1.165) is 12.0 Å². The van der Waals surface area contributed by atoms with Gasteiger partial charge in [-0.05, 0) is 24.8 Å². The highest BCUT2D eigenvalue weighted by Gasteiger charge is 2.35. The zero-order valence-corrected chi connectivity index (χ0v) is 11.7. The summed E-state index contributed by atoms with van der Waals surface area (Å²) in [4.78, 5) is 25.8. The molecular formula is C15H21N3O2. The maximum absolute atomic E-state index is 12.4. The zero-order valence-electron chi connectivity index (χ0n) is 11.7. The molecule has 3 N–H and O–H groups in total. The summed E-state index contributed by atoms with van der Waals surface area (Å²) in [7, 11) is 1.59. The van der Waals surface area contributed by atoms with Crippen LogP contribution in [0.4, 0.5) is 0 Å². The van der Waals surface area contributed by atoms with E-state index in [1.54, 1.807) is 11.9 Å². The van der Waals surface area contributed by atoms with E-state index >= 15 is 0 Å². The van der Waals surface area contributed by atoms with Gasteiger partial charge >= 0.3 is 0 Å². The van der Waals surface area contributed by atoms with Crippen LogP contribution in [-0.2, 0) is 16.0 Å². The van der Waals surface area contributed by atoms with Gasteiger partial charge in [-0.2, -0.15) is 0 Å². The standard InChI is InChI=1S/C15H21N3O2/c1-17-14(19)13-8-5-9-18(13)15(20)12(16)10-11-6-3-2-4-7-11/h2-4,6-7,12-13H,5,8-10,16H2,1H3,(H,17,19)/t12-,13?/m0/s1. The molecule has 1 aliphatic rings. The highest BCUT2D eigenvalue weighted by atomic mass is 16.2. The van der Waals surface area contributed by atoms with Gasteiger partial charge in [-0.15, -0.1) is 0 Å². The van der Waals surface area contributed by atoms with Crippen molar-refractivity contribution in [2.75, 3.05) is 13.6 Å². The number of carbonyl (C=O) groups excluding carboxylic acids is 2. The topological polar surface area (TPSA) is 75.4 Å². The fourth-order valence-electron chi connectivity index (χ4n) is 2.64. The van der Waals surface area contributed by atoms with Crippen LogP contribution < -0.4 is 11.1 Å². The Balaban J connectivity index is 2.01. The molecule has 0 radical (unpaired) electrons. The fourth-order valence-corrected chi connectivity index (χ4v) is 2.64. The molecule has 1 aromatic carbocycles. The highest BCUT2D eigenvalue weighted by Crippen LogP contribution is 2.19. The van der Waals surface area contributed by atoms with Crippen LogP contribution >= 0.6 is 0 Å². The predicted octanol–water partition coefficient (Wildman–Crippen LogP) is 0.293. The first-order valence-electron chi connectivity index (χ1n) is 6.95. The van der Waals surface area contributed by atoms with E-state index in [4.69, 9.17) is 5.73 Å². The monoisotopic (exact) mass is 275 g/mol. The van der Waals surface area contributed by atoms with Crippen molar-refractivity contribution in [3.8, 4) is 0 Å². The second kappa shape index (κ2) is 6.52. The van der Waals surface area contributed by atoms with Gasteiger partial charge in [0.25, 0.3) is 0 Å². The number of likely N-dealkylation sites (tertiary alicyclic amines) is 1. The van der Waals surface area contributed by atoms with Gasteiger partial charge in [0.05, 0.1) is 6.04 Å². The first kappa shape index (κ1) is 14.5. The largest absolute Gasteiger partial charge is 0.357 e. The minimum atomic E-state index is -0.595. The van der Waals surface area contributed by atoms with Gasteiger partial charge in [0, 0.05) is 13.6 Å². The summed E-state index contributed by atoms with van der Waals surface area (Å²) in [6.45, 7) is 0.611. The average molecular weight is 275 g/mol. The second-order valence-electron chi connectivity index (χ2n) is 5.10. The van der Waals surface area contributed by atoms with Crippen molar-refractivity contribution in [1.82, 2.24) is 10.2 Å². The minimum absolute atomic E-state index is 0.109. The number of nitrogens with one attached hydrogen (secondary N) is 1. The van der Waals surface area contributed by atoms with Crippen LogP contribution in [0.1, 0.15) is 18.4 Å². The van der Waals surface area contributed by atoms with Crippen molar-refractivity contribution in [2.24, 2.45) is 5.73 Å². The van der Waals surface area contributed by atoms with Crippen LogP contribution in [-0.4, -0.2) is 42.4 Å². The molecule has 2 rings (SSSR count). The average Bonchev–Trinajstić information content (AvgIpc) is 2.96. The summed E-state index contributed by atoms with van der Waals surface area (Å²) >= 11 is 0. The molecule has 0 aliphatic carbocycles. The Kier molecular flexibility index (Phi) is 4.74. The molecule has 1 fully saturated rings. The normalized spacial score (nSPS) is 19.7. The number of nitrogens with two attached hydrogens (primary N) is 1. The Hall–Kier alpha value is -1.88. The quantitative estimate of drug-likeness (QED) is 0.829. The van der Waals surface area contributed by atoms with Crippen molar-refractivity contribution in [1.29, 1.82) is 0 Å². The highest BCUT2D eigenvalue weighted by molar-refractivity contribution is 5.90. The van der Waals surface area contributed by atoms with E-state index < -0.39 is 6.04 Å². The van der Waals surface area contributed by atoms with Crippen molar-refractivity contribution in [3.63, 3.8) is 0 Å². The number of carbonyl (C=O) groups is 2. The molecular weight excluding hydrogens is 254 g/mol. The molecule has 1 aliphatic heterocycles. The lowest BCUT2D eigenvalue weighted by atomic mass is 10.1. The molecule has 1 heterocycles. The lowest BCUT2D eigenvalue weighted by molar-refractivity contribution is -0.139. The summed E-state index contributed by atoms with van der Waals surface area (Å²) in [6, 6.07) is 8.72. The molecule has 1 unspecified atom stereocenters. The van der Waals surface area contributed by atoms with Gasteiger partial charge in [0.2, 0.25) is 11.8 Å². The lowest BCUT2D eigenvalue weighted by Gasteiger charge is -2.26. The lowest BCUT2D eigenvalue weighted by Crippen LogP contribution is -2.51. The molecule has 0 spiro atoms. The van der Waals surface area contributed by atoms with Crippen molar-refractivity contribution in [2.45, 2.75) is 31.3 Å². The number of nitrogens with zero attached hydrogens (tertiary/aromatic N) is 1. The van der Waals surface area contributed by atoms with Crippen LogP contribution in [0.5, 0.6) is 0 Å². The molecule has 2 amide bonds. The maximum atomic E-state index is 12.4. The summed E-state index contributed by atoms with van der Waals surface area (Å²) in [5.74, 6) is -0.247. The van der Waals surface area contributed by atoms with Crippen molar-refractivity contribution >= 4 is 11.8 Å². The van der Waals surface area contributed by atoms with E-state index in [2.05, 4.69) is 5.32 Å². The molecule has 1 aromatic rings. The van der Waals surface area contributed by atoms with Crippen LogP contribution in [0.3, 0.4) is 0 Å². The predicted molar refractivity (Wildman–Crippen MR) is 76.9 cm³/mol. The molecule has 0 aromatic heterocycles. The fraction of sp³-hybridized carbons (Fsp3) is 0.467. The molecule has 5 nitrogen and oxygen atoms in total. The number of amides is 2. The van der Waals surface area contributed by atoms with Gasteiger partial charge in [-0.25, -0.2) is 0 Å². The van der Waals surface area contributed by atoms with Crippen LogP contribution in [0, 0.1) is 0 Å². The van der Waals surface area contributed by atoms with Crippen molar-refractivity contribution < 1.29 is 9.59 Å². The Morgan fingerprint density at radius 2 is 2.10 bits per heavy atom. The molecule has 0 bridgehead atoms. The number of benzene rings is 1. The first-order chi connectivity index (χ1) is 9.63. The zero-order chi connectivity index (χ0) is 14.5. The second-order valence-corrected chi connectivity index (χ2v) is 5.10. The number of hydrogen-bond donors (Lipinski definition) is 2. The van der Waals surface area contributed by atoms with E-state index in [-0.39, 0.29) is 17.9 Å². The maximum Gasteiger partial charge on any atom is 0.242 e. The van der Waals surface area contributed by atoms with Gasteiger partial charge in [-0.1, -0.05) is 30.3 Å². The number of hydrogen-bond acceptors (Lipinski definition) is 3. The van der Waals surface area contributed by atoms with E-state index in [1.165, 1.54) is 0 Å². The van der Waals surface area contributed by atoms with Gasteiger partial charge < -0.3 is 16.0 Å². The smallest absolute Gasteiger partial charge is 0.242 e. The Labute approximate surface area is 119 Å². The molecule has 2 atom stereocenters. The molecule has 0 saturated carbocycles. The third-order valence-electron chi connectivity index (χ3n) is 3.70. The third kappa shape index (κ3) is 3.17. The molecule has 1 saturated heterocycles. The SMILES string of the molecule is CNC(=O)C1CCCN1C(=O)[C@@H](N)Cc1ccccc1. The van der Waals surface area contributed by atoms with Crippen LogP contribution in [0.25, 0.3) is 0 Å². The minimum Gasteiger partial charge on any atom is -0.357 e. The number of rotatable bonds is 4. The Morgan fingerprint density at radius 1 is 1.40 bits per heavy atom. The summed E-state index contributed by atoms with van der Waals surface area (Å²) < 4.78 is 0. The van der Waals surface area contributed by atoms with E-state index in [9.17, 15) is 9.59 Å². The molecule has 5 heteroatoms. The first-order valence-corrected chi connectivity index (χ1v) is 6.95. The van der Waals surface area contributed by atoms with E-state index in [1.807, 2.05) is 30.3 Å². The third-order valence-corrected chi connectivity index (χ3v) is 3.70. The van der Waals surface area contributed by atoms with Crippen LogP contribution in [0.15, 0.2) is 30.3 Å². The van der Waals surface area contributed by atoms with E-state index in [0.29, 0.717) is 19.4 Å². The van der Waals surface area contributed by atoms with Crippen LogP contribution in [0.2, 0.25) is 0 Å². The Bertz CT molecular complexity index is 475. The van der Waals surface area contributed by atoms with Gasteiger partial charge in [-0.3, -0.25) is 9.59 Å². The number of likely N-dealkylation sites (N-methyl/N-ethyl adjacent to an activating group) is 1. The summed E-state index contributed by atoms with van der Waals surface area (Å²) in [6.07, 6.45) is 2.06. The Morgan fingerprint density at radius 3 is 2.75 bits per heavy atom.